The zero-order chi connectivity index (χ0) is 36.2. The van der Waals surface area contributed by atoms with Crippen molar-refractivity contribution in [2.75, 3.05) is 0 Å². The first kappa shape index (κ1) is 34.5. The summed E-state index contributed by atoms with van der Waals surface area (Å²) in [6.07, 6.45) is 0. The summed E-state index contributed by atoms with van der Waals surface area (Å²) in [4.78, 5) is 36.2. The SMILES string of the molecule is Cc1ccc2c(=O)n(C(c3ccccc3)c3ccccc3)c(C)nc2c1.Cc1nc2cc(Br)ccc2c(=O)n1C(c1ccccc1)c1ccccc1. The summed E-state index contributed by atoms with van der Waals surface area (Å²) in [6.45, 7) is 5.81. The number of hydrogen-bond donors (Lipinski definition) is 0. The highest BCUT2D eigenvalue weighted by molar-refractivity contribution is 9.10. The molecule has 0 fully saturated rings. The summed E-state index contributed by atoms with van der Waals surface area (Å²) in [5.41, 5.74) is 6.77. The molecular weight excluding hydrogens is 708 g/mol. The lowest BCUT2D eigenvalue weighted by Crippen LogP contribution is -2.29. The molecule has 2 heterocycles. The minimum absolute atomic E-state index is 0.00907. The summed E-state index contributed by atoms with van der Waals surface area (Å²) in [6, 6.07) is 51.4. The van der Waals surface area contributed by atoms with E-state index in [9.17, 15) is 9.59 Å². The second kappa shape index (κ2) is 15.1. The van der Waals surface area contributed by atoms with Gasteiger partial charge < -0.3 is 0 Å². The van der Waals surface area contributed by atoms with Crippen LogP contribution >= 0.6 is 15.9 Å². The Bertz CT molecular complexity index is 2340. The summed E-state index contributed by atoms with van der Waals surface area (Å²) in [5.74, 6) is 1.41. The molecule has 7 heteroatoms. The average molecular weight is 746 g/mol. The molecule has 0 bridgehead atoms. The molecule has 52 heavy (non-hydrogen) atoms. The molecule has 0 spiro atoms. The van der Waals surface area contributed by atoms with Crippen molar-refractivity contribution in [1.29, 1.82) is 0 Å². The lowest BCUT2D eigenvalue weighted by Gasteiger charge is -2.23. The van der Waals surface area contributed by atoms with Gasteiger partial charge in [0.25, 0.3) is 11.1 Å². The Morgan fingerprint density at radius 2 is 0.808 bits per heavy atom. The Morgan fingerprint density at radius 1 is 0.462 bits per heavy atom. The lowest BCUT2D eigenvalue weighted by molar-refractivity contribution is 0.619. The third-order valence-corrected chi connectivity index (χ3v) is 9.74. The number of halogens is 1. The number of nitrogens with zero attached hydrogens (tertiary/aromatic N) is 4. The first-order valence-electron chi connectivity index (χ1n) is 17.2. The summed E-state index contributed by atoms with van der Waals surface area (Å²) >= 11 is 3.45. The molecule has 0 atom stereocenters. The van der Waals surface area contributed by atoms with Crippen LogP contribution < -0.4 is 11.1 Å². The van der Waals surface area contributed by atoms with Gasteiger partial charge in [-0.05, 0) is 78.9 Å². The van der Waals surface area contributed by atoms with E-state index < -0.39 is 0 Å². The minimum Gasteiger partial charge on any atom is -0.285 e. The molecule has 2 aromatic heterocycles. The van der Waals surface area contributed by atoms with E-state index in [2.05, 4.69) is 64.5 Å². The van der Waals surface area contributed by atoms with E-state index in [1.165, 1.54) is 0 Å². The van der Waals surface area contributed by atoms with E-state index >= 15 is 0 Å². The van der Waals surface area contributed by atoms with E-state index in [1.807, 2.05) is 135 Å². The van der Waals surface area contributed by atoms with Gasteiger partial charge in [0.2, 0.25) is 0 Å². The average Bonchev–Trinajstić information content (AvgIpc) is 3.16. The van der Waals surface area contributed by atoms with Gasteiger partial charge in [0.15, 0.2) is 0 Å². The molecule has 8 aromatic rings. The zero-order valence-electron chi connectivity index (χ0n) is 29.1. The number of rotatable bonds is 6. The molecule has 0 N–H and O–H groups in total. The molecule has 0 saturated carbocycles. The highest BCUT2D eigenvalue weighted by Gasteiger charge is 2.22. The van der Waals surface area contributed by atoms with Crippen LogP contribution in [0.5, 0.6) is 0 Å². The Balaban J connectivity index is 0.000000162. The number of aromatic nitrogens is 4. The lowest BCUT2D eigenvalue weighted by atomic mass is 9.98. The molecule has 6 nitrogen and oxygen atoms in total. The monoisotopic (exact) mass is 744 g/mol. The van der Waals surface area contributed by atoms with Crippen molar-refractivity contribution in [2.24, 2.45) is 0 Å². The Hall–Kier alpha value is -5.92. The molecule has 0 aliphatic heterocycles. The van der Waals surface area contributed by atoms with Crippen LogP contribution in [0, 0.1) is 20.8 Å². The topological polar surface area (TPSA) is 69.8 Å². The zero-order valence-corrected chi connectivity index (χ0v) is 30.7. The van der Waals surface area contributed by atoms with Crippen LogP contribution in [0.4, 0.5) is 0 Å². The van der Waals surface area contributed by atoms with E-state index in [1.54, 1.807) is 4.57 Å². The second-order valence-corrected chi connectivity index (χ2v) is 13.7. The fraction of sp³-hybridized carbons (Fsp3) is 0.111. The molecule has 0 radical (unpaired) electrons. The molecule has 0 saturated heterocycles. The largest absolute Gasteiger partial charge is 0.285 e. The van der Waals surface area contributed by atoms with Crippen LogP contribution in [0.15, 0.2) is 172 Å². The minimum atomic E-state index is -0.217. The number of aryl methyl sites for hydroxylation is 3. The Kier molecular flexibility index (Phi) is 10.0. The van der Waals surface area contributed by atoms with E-state index in [0.717, 1.165) is 37.8 Å². The van der Waals surface area contributed by atoms with Gasteiger partial charge in [0.05, 0.1) is 33.9 Å². The van der Waals surface area contributed by atoms with Crippen LogP contribution in [0.1, 0.15) is 51.5 Å². The van der Waals surface area contributed by atoms with Crippen molar-refractivity contribution in [1.82, 2.24) is 19.1 Å². The van der Waals surface area contributed by atoms with E-state index in [4.69, 9.17) is 9.97 Å². The van der Waals surface area contributed by atoms with Gasteiger partial charge in [0.1, 0.15) is 11.6 Å². The molecule has 8 rings (SSSR count). The van der Waals surface area contributed by atoms with Crippen LogP contribution in [0.3, 0.4) is 0 Å². The van der Waals surface area contributed by atoms with Crippen LogP contribution in [0.25, 0.3) is 21.8 Å². The van der Waals surface area contributed by atoms with Crippen LogP contribution in [-0.2, 0) is 0 Å². The van der Waals surface area contributed by atoms with Gasteiger partial charge in [-0.15, -0.1) is 0 Å². The highest BCUT2D eigenvalue weighted by atomic mass is 79.9. The van der Waals surface area contributed by atoms with E-state index in [0.29, 0.717) is 27.9 Å². The predicted octanol–water partition coefficient (Wildman–Crippen LogP) is 9.76. The van der Waals surface area contributed by atoms with Crippen LogP contribution in [-0.4, -0.2) is 19.1 Å². The number of benzene rings is 6. The summed E-state index contributed by atoms with van der Waals surface area (Å²) in [7, 11) is 0. The standard InChI is InChI=1S/C23H20N2O.C22H17BrN2O/c1-16-13-14-20-21(15-16)24-17(2)25(23(20)26)22(18-9-5-3-6-10-18)19-11-7-4-8-12-19;1-15-24-20-14-18(23)12-13-19(20)22(26)25(15)21(16-8-4-2-5-9-16)17-10-6-3-7-11-17/h3-15,22H,1-2H3;2-14,21H,1H3. The molecule has 0 aliphatic rings. The fourth-order valence-electron chi connectivity index (χ4n) is 6.83. The van der Waals surface area contributed by atoms with E-state index in [-0.39, 0.29) is 23.2 Å². The van der Waals surface area contributed by atoms with Gasteiger partial charge in [-0.2, -0.15) is 0 Å². The second-order valence-electron chi connectivity index (χ2n) is 12.8. The van der Waals surface area contributed by atoms with Crippen molar-refractivity contribution in [3.8, 4) is 0 Å². The fourth-order valence-corrected chi connectivity index (χ4v) is 7.18. The highest BCUT2D eigenvalue weighted by Crippen LogP contribution is 2.29. The molecule has 0 amide bonds. The first-order valence-corrected chi connectivity index (χ1v) is 18.0. The number of fused-ring (bicyclic) bond motifs is 2. The van der Waals surface area contributed by atoms with Gasteiger partial charge in [0, 0.05) is 4.47 Å². The maximum Gasteiger partial charge on any atom is 0.262 e. The molecule has 256 valence electrons. The molecule has 0 aliphatic carbocycles. The first-order chi connectivity index (χ1) is 25.3. The van der Waals surface area contributed by atoms with Crippen molar-refractivity contribution < 1.29 is 0 Å². The Labute approximate surface area is 310 Å². The molecular formula is C45H37BrN4O2. The number of hydrogen-bond acceptors (Lipinski definition) is 4. The maximum atomic E-state index is 13.4. The van der Waals surface area contributed by atoms with Crippen molar-refractivity contribution in [3.05, 3.63) is 222 Å². The van der Waals surface area contributed by atoms with Crippen molar-refractivity contribution in [2.45, 2.75) is 32.9 Å². The van der Waals surface area contributed by atoms with Crippen molar-refractivity contribution >= 4 is 37.7 Å². The summed E-state index contributed by atoms with van der Waals surface area (Å²) in [5, 5.41) is 1.27. The Morgan fingerprint density at radius 3 is 1.19 bits per heavy atom. The molecule has 6 aromatic carbocycles. The predicted molar refractivity (Wildman–Crippen MR) is 214 cm³/mol. The smallest absolute Gasteiger partial charge is 0.262 e. The maximum absolute atomic E-state index is 13.4. The van der Waals surface area contributed by atoms with Crippen molar-refractivity contribution in [3.63, 3.8) is 0 Å². The third-order valence-electron chi connectivity index (χ3n) is 9.25. The van der Waals surface area contributed by atoms with Crippen LogP contribution in [0.2, 0.25) is 0 Å². The summed E-state index contributed by atoms with van der Waals surface area (Å²) < 4.78 is 4.51. The quantitative estimate of drug-likeness (QED) is 0.170. The molecule has 0 unspecified atom stereocenters. The van der Waals surface area contributed by atoms with Gasteiger partial charge in [-0.3, -0.25) is 18.7 Å². The van der Waals surface area contributed by atoms with Gasteiger partial charge in [-0.1, -0.05) is 143 Å². The normalized spacial score (nSPS) is 11.2. The van der Waals surface area contributed by atoms with Gasteiger partial charge >= 0.3 is 0 Å². The van der Waals surface area contributed by atoms with Gasteiger partial charge in [-0.25, -0.2) is 9.97 Å². The third kappa shape index (κ3) is 7.00.